The van der Waals surface area contributed by atoms with Crippen LogP contribution in [0.15, 0.2) is 22.8 Å². The van der Waals surface area contributed by atoms with Crippen LogP contribution < -0.4 is 5.32 Å². The lowest BCUT2D eigenvalue weighted by Crippen LogP contribution is -1.98. The predicted octanol–water partition coefficient (Wildman–Crippen LogP) is 5.13. The highest BCUT2D eigenvalue weighted by molar-refractivity contribution is 9.10. The molecule has 1 N–H and O–H groups in total. The van der Waals surface area contributed by atoms with Crippen molar-refractivity contribution in [3.63, 3.8) is 0 Å². The van der Waals surface area contributed by atoms with Crippen LogP contribution in [0.2, 0.25) is 9.49 Å². The van der Waals surface area contributed by atoms with Crippen molar-refractivity contribution >= 4 is 56.2 Å². The molecule has 0 saturated heterocycles. The fourth-order valence-electron chi connectivity index (χ4n) is 1.32. The van der Waals surface area contributed by atoms with Gasteiger partial charge in [-0.3, -0.25) is 0 Å². The molecule has 0 fully saturated rings. The Hall–Kier alpha value is -0.290. The zero-order valence-electron chi connectivity index (χ0n) is 8.93. The van der Waals surface area contributed by atoms with E-state index in [1.807, 2.05) is 19.1 Å². The minimum absolute atomic E-state index is 0.539. The van der Waals surface area contributed by atoms with Gasteiger partial charge in [-0.25, -0.2) is 4.98 Å². The first-order chi connectivity index (χ1) is 8.06. The van der Waals surface area contributed by atoms with E-state index in [0.717, 1.165) is 31.5 Å². The maximum Gasteiger partial charge on any atom is 0.132 e. The minimum Gasteiger partial charge on any atom is -0.379 e. The van der Waals surface area contributed by atoms with Gasteiger partial charge in [-0.1, -0.05) is 23.2 Å². The number of hydrogen-bond donors (Lipinski definition) is 1. The molecule has 0 aliphatic heterocycles. The molecule has 0 aromatic carbocycles. The molecule has 0 radical (unpaired) electrons. The van der Waals surface area contributed by atoms with E-state index in [-0.39, 0.29) is 0 Å². The highest BCUT2D eigenvalue weighted by Gasteiger charge is 2.05. The van der Waals surface area contributed by atoms with Crippen molar-refractivity contribution in [2.75, 3.05) is 5.32 Å². The molecule has 2 nitrogen and oxygen atoms in total. The van der Waals surface area contributed by atoms with Crippen LogP contribution in [0.3, 0.4) is 0 Å². The predicted molar refractivity (Wildman–Crippen MR) is 78.3 cm³/mol. The first-order valence-electron chi connectivity index (χ1n) is 4.86. The molecule has 0 amide bonds. The Morgan fingerprint density at radius 3 is 2.76 bits per heavy atom. The van der Waals surface area contributed by atoms with E-state index in [1.165, 1.54) is 0 Å². The Morgan fingerprint density at radius 2 is 2.18 bits per heavy atom. The number of aryl methyl sites for hydroxylation is 1. The largest absolute Gasteiger partial charge is 0.379 e. The molecular weight excluding hydrogens is 343 g/mol. The third-order valence-corrected chi connectivity index (χ3v) is 5.05. The highest BCUT2D eigenvalue weighted by Crippen LogP contribution is 2.32. The average Bonchev–Trinajstić information content (AvgIpc) is 2.60. The van der Waals surface area contributed by atoms with Crippen molar-refractivity contribution in [1.29, 1.82) is 0 Å². The molecule has 2 rings (SSSR count). The SMILES string of the molecule is Cc1cc(NCc2cc(Br)c(Cl)s2)cnc1Cl. The molecule has 0 aliphatic rings. The van der Waals surface area contributed by atoms with Gasteiger partial charge in [0.2, 0.25) is 0 Å². The van der Waals surface area contributed by atoms with Gasteiger partial charge < -0.3 is 5.32 Å². The summed E-state index contributed by atoms with van der Waals surface area (Å²) >= 11 is 16.8. The summed E-state index contributed by atoms with van der Waals surface area (Å²) in [6.07, 6.45) is 1.72. The summed E-state index contributed by atoms with van der Waals surface area (Å²) in [5.41, 5.74) is 1.91. The van der Waals surface area contributed by atoms with E-state index in [0.29, 0.717) is 5.15 Å². The monoisotopic (exact) mass is 350 g/mol. The Kier molecular flexibility index (Phi) is 4.31. The number of aromatic nitrogens is 1. The first-order valence-corrected chi connectivity index (χ1v) is 7.22. The summed E-state index contributed by atoms with van der Waals surface area (Å²) in [5.74, 6) is 0. The van der Waals surface area contributed by atoms with Gasteiger partial charge in [0.1, 0.15) is 9.49 Å². The summed E-state index contributed by atoms with van der Waals surface area (Å²) in [4.78, 5) is 5.25. The molecule has 0 spiro atoms. The van der Waals surface area contributed by atoms with Gasteiger partial charge >= 0.3 is 0 Å². The van der Waals surface area contributed by atoms with Crippen molar-refractivity contribution in [2.45, 2.75) is 13.5 Å². The maximum absolute atomic E-state index is 5.97. The number of pyridine rings is 1. The normalized spacial score (nSPS) is 10.6. The lowest BCUT2D eigenvalue weighted by atomic mass is 10.3. The fraction of sp³-hybridized carbons (Fsp3) is 0.182. The third-order valence-electron chi connectivity index (χ3n) is 2.18. The fourth-order valence-corrected chi connectivity index (χ4v) is 3.16. The van der Waals surface area contributed by atoms with E-state index in [1.54, 1.807) is 17.5 Å². The van der Waals surface area contributed by atoms with Gasteiger partial charge in [0.15, 0.2) is 0 Å². The quantitative estimate of drug-likeness (QED) is 0.775. The van der Waals surface area contributed by atoms with Crippen LogP contribution in [0, 0.1) is 6.92 Å². The van der Waals surface area contributed by atoms with Crippen molar-refractivity contribution in [1.82, 2.24) is 4.98 Å². The lowest BCUT2D eigenvalue weighted by molar-refractivity contribution is 1.16. The Bertz CT molecular complexity index is 523. The summed E-state index contributed by atoms with van der Waals surface area (Å²) in [6.45, 7) is 2.65. The first kappa shape index (κ1) is 13.1. The molecule has 6 heteroatoms. The molecular formula is C11H9BrCl2N2S. The summed E-state index contributed by atoms with van der Waals surface area (Å²) in [6, 6.07) is 3.98. The van der Waals surface area contributed by atoms with E-state index >= 15 is 0 Å². The van der Waals surface area contributed by atoms with E-state index in [9.17, 15) is 0 Å². The second-order valence-corrected chi connectivity index (χ2v) is 6.47. The molecule has 0 bridgehead atoms. The number of halogens is 3. The van der Waals surface area contributed by atoms with Crippen molar-refractivity contribution in [3.05, 3.63) is 42.7 Å². The van der Waals surface area contributed by atoms with Gasteiger partial charge in [0.25, 0.3) is 0 Å². The second-order valence-electron chi connectivity index (χ2n) is 3.52. The highest BCUT2D eigenvalue weighted by atomic mass is 79.9. The van der Waals surface area contributed by atoms with Crippen LogP contribution in [0.1, 0.15) is 10.4 Å². The second kappa shape index (κ2) is 5.57. The zero-order chi connectivity index (χ0) is 12.4. The van der Waals surface area contributed by atoms with Crippen LogP contribution in [-0.2, 0) is 6.54 Å². The molecule has 2 aromatic rings. The van der Waals surface area contributed by atoms with Gasteiger partial charge in [-0.2, -0.15) is 0 Å². The summed E-state index contributed by atoms with van der Waals surface area (Å²) in [7, 11) is 0. The van der Waals surface area contributed by atoms with Crippen molar-refractivity contribution in [2.24, 2.45) is 0 Å². The number of nitrogens with zero attached hydrogens (tertiary/aromatic N) is 1. The molecule has 0 saturated carbocycles. The zero-order valence-corrected chi connectivity index (χ0v) is 12.8. The van der Waals surface area contributed by atoms with Crippen LogP contribution >= 0.6 is 50.5 Å². The van der Waals surface area contributed by atoms with Crippen molar-refractivity contribution < 1.29 is 0 Å². The number of hydrogen-bond acceptors (Lipinski definition) is 3. The van der Waals surface area contributed by atoms with Crippen LogP contribution in [0.25, 0.3) is 0 Å². The van der Waals surface area contributed by atoms with Crippen LogP contribution in [0.4, 0.5) is 5.69 Å². The summed E-state index contributed by atoms with van der Waals surface area (Å²) in [5, 5.41) is 3.82. The maximum atomic E-state index is 5.97. The van der Waals surface area contributed by atoms with Crippen LogP contribution in [0.5, 0.6) is 0 Å². The molecule has 2 aromatic heterocycles. The van der Waals surface area contributed by atoms with E-state index < -0.39 is 0 Å². The Morgan fingerprint density at radius 1 is 1.41 bits per heavy atom. The van der Waals surface area contributed by atoms with Crippen molar-refractivity contribution in [3.8, 4) is 0 Å². The van der Waals surface area contributed by atoms with Gasteiger partial charge in [-0.05, 0) is 40.5 Å². The Labute approximate surface area is 122 Å². The van der Waals surface area contributed by atoms with Gasteiger partial charge in [-0.15, -0.1) is 11.3 Å². The van der Waals surface area contributed by atoms with E-state index in [2.05, 4.69) is 26.2 Å². The van der Waals surface area contributed by atoms with Crippen LogP contribution in [-0.4, -0.2) is 4.98 Å². The average molecular weight is 352 g/mol. The van der Waals surface area contributed by atoms with E-state index in [4.69, 9.17) is 23.2 Å². The number of anilines is 1. The summed E-state index contributed by atoms with van der Waals surface area (Å²) < 4.78 is 1.71. The van der Waals surface area contributed by atoms with Gasteiger partial charge in [0.05, 0.1) is 11.9 Å². The molecule has 0 aliphatic carbocycles. The molecule has 0 unspecified atom stereocenters. The molecule has 90 valence electrons. The topological polar surface area (TPSA) is 24.9 Å². The molecule has 17 heavy (non-hydrogen) atoms. The molecule has 2 heterocycles. The Balaban J connectivity index is 2.04. The standard InChI is InChI=1S/C11H9BrCl2N2S/c1-6-2-7(4-16-10(6)13)15-5-8-3-9(12)11(14)17-8/h2-4,15H,5H2,1H3. The third kappa shape index (κ3) is 3.35. The number of nitrogens with one attached hydrogen (secondary N) is 1. The molecule has 0 atom stereocenters. The minimum atomic E-state index is 0.539. The number of rotatable bonds is 3. The number of thiophene rings is 1. The van der Waals surface area contributed by atoms with Gasteiger partial charge in [0, 0.05) is 15.9 Å². The smallest absolute Gasteiger partial charge is 0.132 e. The lowest BCUT2D eigenvalue weighted by Gasteiger charge is -2.05.